The smallest absolute Gasteiger partial charge is 0.269 e. The summed E-state index contributed by atoms with van der Waals surface area (Å²) in [6.45, 7) is 0. The number of hydrogen-bond donors (Lipinski definition) is 1. The number of amides is 1. The summed E-state index contributed by atoms with van der Waals surface area (Å²) < 4.78 is 1.14. The van der Waals surface area contributed by atoms with Crippen molar-refractivity contribution in [1.29, 1.82) is 0 Å². The minimum Gasteiger partial charge on any atom is -0.298 e. The molecule has 2 aromatic carbocycles. The van der Waals surface area contributed by atoms with Gasteiger partial charge in [0.15, 0.2) is 5.13 Å². The van der Waals surface area contributed by atoms with Crippen LogP contribution in [0.1, 0.15) is 10.4 Å². The van der Waals surface area contributed by atoms with Crippen LogP contribution in [0.3, 0.4) is 0 Å². The largest absolute Gasteiger partial charge is 0.298 e. The zero-order valence-corrected chi connectivity index (χ0v) is 15.1. The van der Waals surface area contributed by atoms with E-state index in [0.717, 1.165) is 14.8 Å². The van der Waals surface area contributed by atoms with Crippen LogP contribution in [0, 0.1) is 13.7 Å². The van der Waals surface area contributed by atoms with Gasteiger partial charge in [-0.3, -0.25) is 20.2 Å². The van der Waals surface area contributed by atoms with Crippen LogP contribution >= 0.6 is 33.9 Å². The second-order valence-corrected chi connectivity index (χ2v) is 6.91. The molecular formula is C16H10IN3O3S. The van der Waals surface area contributed by atoms with Gasteiger partial charge in [-0.15, -0.1) is 11.3 Å². The number of nitrogens with one attached hydrogen (secondary N) is 1. The van der Waals surface area contributed by atoms with Gasteiger partial charge in [0.25, 0.3) is 11.6 Å². The van der Waals surface area contributed by atoms with Crippen molar-refractivity contribution in [2.24, 2.45) is 0 Å². The van der Waals surface area contributed by atoms with Crippen molar-refractivity contribution < 1.29 is 9.72 Å². The van der Waals surface area contributed by atoms with Gasteiger partial charge in [0.2, 0.25) is 0 Å². The first-order valence-corrected chi connectivity index (χ1v) is 8.76. The summed E-state index contributed by atoms with van der Waals surface area (Å²) >= 11 is 3.56. The number of benzene rings is 2. The van der Waals surface area contributed by atoms with Gasteiger partial charge in [-0.1, -0.05) is 12.1 Å². The Morgan fingerprint density at radius 2 is 1.79 bits per heavy atom. The number of anilines is 1. The second kappa shape index (κ2) is 7.05. The van der Waals surface area contributed by atoms with Gasteiger partial charge >= 0.3 is 0 Å². The molecule has 3 aromatic rings. The maximum Gasteiger partial charge on any atom is 0.269 e. The molecule has 1 N–H and O–H groups in total. The molecule has 0 aliphatic rings. The molecule has 120 valence electrons. The lowest BCUT2D eigenvalue weighted by atomic mass is 10.2. The lowest BCUT2D eigenvalue weighted by molar-refractivity contribution is -0.384. The van der Waals surface area contributed by atoms with E-state index >= 15 is 0 Å². The summed E-state index contributed by atoms with van der Waals surface area (Å²) in [5, 5.41) is 15.7. The number of carbonyl (C=O) groups excluding carboxylic acids is 1. The highest BCUT2D eigenvalue weighted by molar-refractivity contribution is 14.1. The minimum absolute atomic E-state index is 0.0539. The van der Waals surface area contributed by atoms with Gasteiger partial charge in [0.05, 0.1) is 10.6 Å². The lowest BCUT2D eigenvalue weighted by Gasteiger charge is -2.01. The van der Waals surface area contributed by atoms with Crippen LogP contribution < -0.4 is 5.32 Å². The Hall–Kier alpha value is -2.33. The van der Waals surface area contributed by atoms with Gasteiger partial charge in [-0.2, -0.15) is 0 Å². The summed E-state index contributed by atoms with van der Waals surface area (Å²) in [5.41, 5.74) is 2.05. The fraction of sp³-hybridized carbons (Fsp3) is 0. The Balaban J connectivity index is 1.73. The van der Waals surface area contributed by atoms with E-state index in [1.807, 2.05) is 29.6 Å². The predicted molar refractivity (Wildman–Crippen MR) is 101 cm³/mol. The Labute approximate surface area is 154 Å². The molecule has 0 radical (unpaired) electrons. The number of carbonyl (C=O) groups is 1. The van der Waals surface area contributed by atoms with Crippen LogP contribution in [0.25, 0.3) is 11.3 Å². The van der Waals surface area contributed by atoms with E-state index in [1.54, 1.807) is 0 Å². The molecule has 0 aliphatic heterocycles. The van der Waals surface area contributed by atoms with Crippen molar-refractivity contribution >= 4 is 50.7 Å². The Morgan fingerprint density at radius 3 is 2.42 bits per heavy atom. The molecule has 0 saturated carbocycles. The quantitative estimate of drug-likeness (QED) is 0.358. The molecule has 0 saturated heterocycles. The first kappa shape index (κ1) is 16.5. The van der Waals surface area contributed by atoms with E-state index in [2.05, 4.69) is 32.9 Å². The topological polar surface area (TPSA) is 85.1 Å². The number of rotatable bonds is 4. The van der Waals surface area contributed by atoms with E-state index in [0.29, 0.717) is 10.7 Å². The van der Waals surface area contributed by atoms with Crippen LogP contribution in [0.5, 0.6) is 0 Å². The standard InChI is InChI=1S/C16H10IN3O3S/c17-12-5-1-10(2-6-12)14-9-24-16(18-14)19-15(21)11-3-7-13(8-4-11)20(22)23/h1-9H,(H,18,19,21). The zero-order chi connectivity index (χ0) is 17.1. The Kier molecular flexibility index (Phi) is 4.86. The molecule has 1 aromatic heterocycles. The summed E-state index contributed by atoms with van der Waals surface area (Å²) in [4.78, 5) is 26.7. The van der Waals surface area contributed by atoms with Gasteiger partial charge in [-0.05, 0) is 46.9 Å². The monoisotopic (exact) mass is 451 g/mol. The van der Waals surface area contributed by atoms with Gasteiger partial charge in [-0.25, -0.2) is 4.98 Å². The molecule has 8 heteroatoms. The van der Waals surface area contributed by atoms with Crippen LogP contribution in [0.2, 0.25) is 0 Å². The SMILES string of the molecule is O=C(Nc1nc(-c2ccc(I)cc2)cs1)c1ccc([N+](=O)[O-])cc1. The van der Waals surface area contributed by atoms with E-state index in [-0.39, 0.29) is 11.6 Å². The number of nitro groups is 1. The van der Waals surface area contributed by atoms with Gasteiger partial charge < -0.3 is 0 Å². The fourth-order valence-electron chi connectivity index (χ4n) is 1.99. The molecule has 1 amide bonds. The van der Waals surface area contributed by atoms with Crippen molar-refractivity contribution in [3.8, 4) is 11.3 Å². The van der Waals surface area contributed by atoms with Crippen LogP contribution in [-0.4, -0.2) is 15.8 Å². The van der Waals surface area contributed by atoms with Gasteiger partial charge in [0, 0.05) is 32.2 Å². The predicted octanol–water partition coefficient (Wildman–Crippen LogP) is 4.58. The number of thiazole rings is 1. The maximum atomic E-state index is 12.2. The van der Waals surface area contributed by atoms with E-state index in [9.17, 15) is 14.9 Å². The zero-order valence-electron chi connectivity index (χ0n) is 12.1. The number of non-ortho nitro benzene ring substituents is 1. The summed E-state index contributed by atoms with van der Waals surface area (Å²) in [6, 6.07) is 13.4. The van der Waals surface area contributed by atoms with Crippen molar-refractivity contribution in [3.63, 3.8) is 0 Å². The molecule has 0 fully saturated rings. The molecular weight excluding hydrogens is 441 g/mol. The minimum atomic E-state index is -0.504. The number of aromatic nitrogens is 1. The number of nitro benzene ring substituents is 1. The number of halogens is 1. The molecule has 0 atom stereocenters. The first-order chi connectivity index (χ1) is 11.5. The van der Waals surface area contributed by atoms with E-state index in [1.165, 1.54) is 35.6 Å². The van der Waals surface area contributed by atoms with Crippen LogP contribution in [-0.2, 0) is 0 Å². The van der Waals surface area contributed by atoms with Crippen LogP contribution in [0.4, 0.5) is 10.8 Å². The highest BCUT2D eigenvalue weighted by Crippen LogP contribution is 2.26. The summed E-state index contributed by atoms with van der Waals surface area (Å²) in [5.74, 6) is -0.353. The van der Waals surface area contributed by atoms with Crippen molar-refractivity contribution in [3.05, 3.63) is 73.2 Å². The highest BCUT2D eigenvalue weighted by atomic mass is 127. The molecule has 6 nitrogen and oxygen atoms in total. The molecule has 0 unspecified atom stereocenters. The fourth-order valence-corrected chi connectivity index (χ4v) is 3.06. The molecule has 0 bridgehead atoms. The summed E-state index contributed by atoms with van der Waals surface area (Å²) in [7, 11) is 0. The highest BCUT2D eigenvalue weighted by Gasteiger charge is 2.12. The van der Waals surface area contributed by atoms with E-state index in [4.69, 9.17) is 0 Å². The van der Waals surface area contributed by atoms with Crippen LogP contribution in [0.15, 0.2) is 53.9 Å². The molecule has 1 heterocycles. The van der Waals surface area contributed by atoms with Crippen molar-refractivity contribution in [2.75, 3.05) is 5.32 Å². The Morgan fingerprint density at radius 1 is 1.12 bits per heavy atom. The Bertz CT molecular complexity index is 892. The molecule has 0 aliphatic carbocycles. The number of hydrogen-bond acceptors (Lipinski definition) is 5. The maximum absolute atomic E-state index is 12.2. The lowest BCUT2D eigenvalue weighted by Crippen LogP contribution is -2.11. The molecule has 0 spiro atoms. The average molecular weight is 451 g/mol. The van der Waals surface area contributed by atoms with Crippen molar-refractivity contribution in [1.82, 2.24) is 4.98 Å². The van der Waals surface area contributed by atoms with Crippen molar-refractivity contribution in [2.45, 2.75) is 0 Å². The third-order valence-electron chi connectivity index (χ3n) is 3.20. The summed E-state index contributed by atoms with van der Waals surface area (Å²) in [6.07, 6.45) is 0. The van der Waals surface area contributed by atoms with E-state index < -0.39 is 4.92 Å². The second-order valence-electron chi connectivity index (χ2n) is 4.80. The molecule has 3 rings (SSSR count). The first-order valence-electron chi connectivity index (χ1n) is 6.80. The average Bonchev–Trinajstić information content (AvgIpc) is 3.04. The third kappa shape index (κ3) is 3.77. The third-order valence-corrected chi connectivity index (χ3v) is 4.68. The molecule has 24 heavy (non-hydrogen) atoms. The number of nitrogens with zero attached hydrogens (tertiary/aromatic N) is 2. The normalized spacial score (nSPS) is 10.4. The van der Waals surface area contributed by atoms with Gasteiger partial charge in [0.1, 0.15) is 0 Å².